The van der Waals surface area contributed by atoms with E-state index in [1.165, 1.54) is 24.3 Å². The third kappa shape index (κ3) is 13.6. The van der Waals surface area contributed by atoms with Crippen molar-refractivity contribution in [1.29, 1.82) is 0 Å². The Morgan fingerprint density at radius 3 is 1.96 bits per heavy atom. The van der Waals surface area contributed by atoms with Crippen LogP contribution in [-0.2, 0) is 36.6 Å². The standard InChI is InChI=1S/C29H42N7O9P/c1-17(2)24(27(39)35-23(28(40)41)16-18-7-4-3-5-8-18)36-26(38)22(34-25(37)21(30)9-6-14-33-29(31)32)15-19-10-12-20(13-11-19)45-46(42,43)44/h3-5,7-8,10-13,17,21-24H,6,9,14-16,30H2,1-2H3,(H,34,37)(H,35,39)(H,36,38)(H,40,41)(H4,31,32,33)(H2,42,43,44)/t21-,22-,23-,24-/m0/s1. The van der Waals surface area contributed by atoms with Crippen LogP contribution in [0.4, 0.5) is 0 Å². The van der Waals surface area contributed by atoms with Gasteiger partial charge in [-0.15, -0.1) is 0 Å². The Labute approximate surface area is 266 Å². The highest BCUT2D eigenvalue weighted by atomic mass is 31.2. The Kier molecular flexibility index (Phi) is 14.6. The zero-order chi connectivity index (χ0) is 34.4. The van der Waals surface area contributed by atoms with Gasteiger partial charge in [0.2, 0.25) is 17.7 Å². The predicted octanol–water partition coefficient (Wildman–Crippen LogP) is -0.481. The molecule has 0 heterocycles. The second-order valence-electron chi connectivity index (χ2n) is 10.9. The van der Waals surface area contributed by atoms with E-state index in [2.05, 4.69) is 25.5 Å². The lowest BCUT2D eigenvalue weighted by molar-refractivity contribution is -0.142. The van der Waals surface area contributed by atoms with Crippen LogP contribution in [0.5, 0.6) is 5.75 Å². The van der Waals surface area contributed by atoms with E-state index < -0.39 is 61.6 Å². The molecule has 3 amide bonds. The Morgan fingerprint density at radius 1 is 0.848 bits per heavy atom. The number of nitrogens with two attached hydrogens (primary N) is 3. The molecule has 46 heavy (non-hydrogen) atoms. The van der Waals surface area contributed by atoms with Gasteiger partial charge in [0.15, 0.2) is 5.96 Å². The first-order valence-electron chi connectivity index (χ1n) is 14.4. The van der Waals surface area contributed by atoms with Crippen molar-refractivity contribution >= 4 is 37.5 Å². The van der Waals surface area contributed by atoms with Crippen molar-refractivity contribution in [1.82, 2.24) is 16.0 Å². The maximum Gasteiger partial charge on any atom is 0.524 e. The molecule has 12 N–H and O–H groups in total. The number of hydrogen-bond acceptors (Lipinski definition) is 8. The Morgan fingerprint density at radius 2 is 1.41 bits per heavy atom. The summed E-state index contributed by atoms with van der Waals surface area (Å²) in [5.74, 6) is -4.10. The van der Waals surface area contributed by atoms with Crippen molar-refractivity contribution in [3.63, 3.8) is 0 Å². The number of aliphatic imine (C=N–C) groups is 1. The number of guanidine groups is 1. The summed E-state index contributed by atoms with van der Waals surface area (Å²) in [6, 6.07) is 9.47. The van der Waals surface area contributed by atoms with Gasteiger partial charge in [-0.25, -0.2) is 9.36 Å². The maximum absolute atomic E-state index is 13.6. The zero-order valence-electron chi connectivity index (χ0n) is 25.5. The van der Waals surface area contributed by atoms with E-state index in [-0.39, 0.29) is 37.5 Å². The summed E-state index contributed by atoms with van der Waals surface area (Å²) >= 11 is 0. The van der Waals surface area contributed by atoms with E-state index in [0.717, 1.165) is 0 Å². The SMILES string of the molecule is CC(C)[C@H](NC(=O)[C@H](Cc1ccc(OP(=O)(O)O)cc1)NC(=O)[C@@H](N)CCCN=C(N)N)C(=O)N[C@@H](Cc1ccccc1)C(=O)O. The Hall–Kier alpha value is -4.50. The maximum atomic E-state index is 13.6. The number of hydrogen-bond donors (Lipinski definition) is 9. The molecule has 17 heteroatoms. The fraction of sp³-hybridized carbons (Fsp3) is 0.414. The van der Waals surface area contributed by atoms with E-state index in [1.807, 2.05) is 0 Å². The van der Waals surface area contributed by atoms with Crippen LogP contribution >= 0.6 is 7.82 Å². The van der Waals surface area contributed by atoms with Gasteiger partial charge in [-0.3, -0.25) is 29.2 Å². The van der Waals surface area contributed by atoms with E-state index in [1.54, 1.807) is 44.2 Å². The molecule has 0 aromatic heterocycles. The number of nitrogens with zero attached hydrogens (tertiary/aromatic N) is 1. The smallest absolute Gasteiger partial charge is 0.480 e. The molecule has 0 spiro atoms. The number of rotatable bonds is 18. The monoisotopic (exact) mass is 663 g/mol. The van der Waals surface area contributed by atoms with E-state index in [0.29, 0.717) is 17.5 Å². The highest BCUT2D eigenvalue weighted by molar-refractivity contribution is 7.46. The van der Waals surface area contributed by atoms with Crippen molar-refractivity contribution in [2.24, 2.45) is 28.1 Å². The number of benzene rings is 2. The second-order valence-corrected chi connectivity index (χ2v) is 12.0. The molecule has 0 saturated carbocycles. The van der Waals surface area contributed by atoms with Crippen molar-refractivity contribution in [2.45, 2.75) is 63.7 Å². The predicted molar refractivity (Wildman–Crippen MR) is 169 cm³/mol. The van der Waals surface area contributed by atoms with Crippen LogP contribution < -0.4 is 37.7 Å². The number of carboxylic acid groups (broad SMARTS) is 1. The summed E-state index contributed by atoms with van der Waals surface area (Å²) in [6.45, 7) is 3.57. The quantitative estimate of drug-likeness (QED) is 0.0423. The molecule has 252 valence electrons. The molecule has 4 atom stereocenters. The minimum atomic E-state index is -4.80. The van der Waals surface area contributed by atoms with E-state index >= 15 is 0 Å². The molecular formula is C29H42N7O9P. The first-order chi connectivity index (χ1) is 21.6. The van der Waals surface area contributed by atoms with Gasteiger partial charge >= 0.3 is 13.8 Å². The van der Waals surface area contributed by atoms with Gasteiger partial charge < -0.3 is 42.8 Å². The topological polar surface area (TPSA) is 282 Å². The van der Waals surface area contributed by atoms with Gasteiger partial charge in [0, 0.05) is 19.4 Å². The molecular weight excluding hydrogens is 621 g/mol. The van der Waals surface area contributed by atoms with Crippen molar-refractivity contribution in [3.05, 3.63) is 65.7 Å². The number of amides is 3. The lowest BCUT2D eigenvalue weighted by Gasteiger charge is -2.27. The van der Waals surface area contributed by atoms with Gasteiger partial charge in [-0.05, 0) is 42.0 Å². The summed E-state index contributed by atoms with van der Waals surface area (Å²) in [4.78, 5) is 73.7. The first kappa shape index (κ1) is 37.7. The van der Waals surface area contributed by atoms with Crippen molar-refractivity contribution in [2.75, 3.05) is 6.54 Å². The van der Waals surface area contributed by atoms with Crippen LogP contribution in [0.2, 0.25) is 0 Å². The number of nitrogens with one attached hydrogen (secondary N) is 3. The van der Waals surface area contributed by atoms with Gasteiger partial charge in [0.05, 0.1) is 6.04 Å². The fourth-order valence-electron chi connectivity index (χ4n) is 4.30. The summed E-state index contributed by atoms with van der Waals surface area (Å²) in [7, 11) is -4.80. The number of phosphoric acid groups is 1. The number of carbonyl (C=O) groups is 4. The minimum Gasteiger partial charge on any atom is -0.480 e. The first-order valence-corrected chi connectivity index (χ1v) is 15.9. The lowest BCUT2D eigenvalue weighted by atomic mass is 9.99. The third-order valence-corrected chi connectivity index (χ3v) is 7.12. The van der Waals surface area contributed by atoms with Gasteiger partial charge in [0.1, 0.15) is 23.9 Å². The number of aliphatic carboxylic acids is 1. The summed E-state index contributed by atoms with van der Waals surface area (Å²) in [5, 5.41) is 17.5. The van der Waals surface area contributed by atoms with Crippen molar-refractivity contribution < 1.29 is 43.2 Å². The van der Waals surface area contributed by atoms with E-state index in [4.69, 9.17) is 27.0 Å². The Balaban J connectivity index is 2.24. The molecule has 2 rings (SSSR count). The molecule has 0 radical (unpaired) electrons. The third-order valence-electron chi connectivity index (χ3n) is 6.67. The molecule has 0 aliphatic heterocycles. The highest BCUT2D eigenvalue weighted by Crippen LogP contribution is 2.37. The van der Waals surface area contributed by atoms with Crippen molar-refractivity contribution in [3.8, 4) is 5.75 Å². The van der Waals surface area contributed by atoms with Gasteiger partial charge in [-0.1, -0.05) is 56.3 Å². The molecule has 2 aromatic carbocycles. The summed E-state index contributed by atoms with van der Waals surface area (Å²) < 4.78 is 15.7. The van der Waals surface area contributed by atoms with Crippen LogP contribution in [0.1, 0.15) is 37.8 Å². The van der Waals surface area contributed by atoms with Crippen LogP contribution in [0, 0.1) is 5.92 Å². The molecule has 0 bridgehead atoms. The van der Waals surface area contributed by atoms with Crippen LogP contribution in [-0.4, -0.2) is 75.3 Å². The molecule has 0 fully saturated rings. The Bertz CT molecular complexity index is 1400. The second kappa shape index (κ2) is 17.8. The van der Waals surface area contributed by atoms with Gasteiger partial charge in [-0.2, -0.15) is 0 Å². The largest absolute Gasteiger partial charge is 0.524 e. The highest BCUT2D eigenvalue weighted by Gasteiger charge is 2.32. The summed E-state index contributed by atoms with van der Waals surface area (Å²) in [6.07, 6.45) is 0.489. The van der Waals surface area contributed by atoms with Crippen LogP contribution in [0.15, 0.2) is 59.6 Å². The fourth-order valence-corrected chi connectivity index (χ4v) is 4.69. The summed E-state index contributed by atoms with van der Waals surface area (Å²) in [5.41, 5.74) is 17.8. The lowest BCUT2D eigenvalue weighted by Crippen LogP contribution is -2.59. The molecule has 0 saturated heterocycles. The molecule has 16 nitrogen and oxygen atoms in total. The number of phosphoric ester groups is 1. The molecule has 0 aliphatic rings. The number of carbonyl (C=O) groups excluding carboxylic acids is 3. The average Bonchev–Trinajstić information content (AvgIpc) is 2.97. The molecule has 0 aliphatic carbocycles. The normalized spacial score (nSPS) is 13.9. The molecule has 0 unspecified atom stereocenters. The van der Waals surface area contributed by atoms with E-state index in [9.17, 15) is 28.8 Å². The minimum absolute atomic E-state index is 0.0160. The average molecular weight is 664 g/mol. The molecule has 2 aromatic rings. The van der Waals surface area contributed by atoms with Gasteiger partial charge in [0.25, 0.3) is 0 Å². The number of carboxylic acids is 1. The van der Waals surface area contributed by atoms with Crippen LogP contribution in [0.3, 0.4) is 0 Å². The van der Waals surface area contributed by atoms with Crippen LogP contribution in [0.25, 0.3) is 0 Å². The zero-order valence-corrected chi connectivity index (χ0v) is 26.4.